The topological polar surface area (TPSA) is 75.7 Å². The van der Waals surface area contributed by atoms with Crippen LogP contribution in [0.3, 0.4) is 0 Å². The Morgan fingerprint density at radius 1 is 1.18 bits per heavy atom. The largest absolute Gasteiger partial charge is 0.481 e. The van der Waals surface area contributed by atoms with Crippen LogP contribution in [0, 0.1) is 0 Å². The van der Waals surface area contributed by atoms with Crippen molar-refractivity contribution in [2.24, 2.45) is 7.05 Å². The Morgan fingerprint density at radius 2 is 2.00 bits per heavy atom. The molecule has 0 spiro atoms. The maximum Gasteiger partial charge on any atom is 0.323 e. The Morgan fingerprint density at radius 3 is 2.82 bits per heavy atom. The number of aromatic nitrogens is 4. The van der Waals surface area contributed by atoms with E-state index in [0.29, 0.717) is 5.88 Å². The number of rotatable bonds is 2. The van der Waals surface area contributed by atoms with Gasteiger partial charge in [0.05, 0.1) is 29.9 Å². The van der Waals surface area contributed by atoms with Crippen LogP contribution < -0.4 is 10.4 Å². The van der Waals surface area contributed by atoms with Gasteiger partial charge in [-0.15, -0.1) is 0 Å². The standard InChI is InChI=1S/C16H14N4O2/c1-20-8-11(10-6-15(22-2)17-7-14(10)20)9-3-4-12-13(5-9)19-16(21)18-12/h3-8H,1-2H3,(H2,18,19,21). The molecule has 3 aromatic heterocycles. The van der Waals surface area contributed by atoms with Crippen LogP contribution in [0.15, 0.2) is 41.5 Å². The van der Waals surface area contributed by atoms with Gasteiger partial charge >= 0.3 is 5.69 Å². The molecule has 0 saturated heterocycles. The molecule has 6 nitrogen and oxygen atoms in total. The SMILES string of the molecule is COc1cc2c(-c3ccc4[nH]c(=O)[nH]c4c3)cn(C)c2cn1. The van der Waals surface area contributed by atoms with Gasteiger partial charge in [-0.05, 0) is 17.7 Å². The van der Waals surface area contributed by atoms with Crippen molar-refractivity contribution in [3.63, 3.8) is 0 Å². The van der Waals surface area contributed by atoms with E-state index in [0.717, 1.165) is 33.1 Å². The number of methoxy groups -OCH3 is 1. The second-order valence-electron chi connectivity index (χ2n) is 5.24. The number of aromatic amines is 2. The summed E-state index contributed by atoms with van der Waals surface area (Å²) in [7, 11) is 3.59. The monoisotopic (exact) mass is 294 g/mol. The Labute approximate surface area is 125 Å². The highest BCUT2D eigenvalue weighted by Gasteiger charge is 2.11. The summed E-state index contributed by atoms with van der Waals surface area (Å²) < 4.78 is 7.25. The minimum atomic E-state index is -0.198. The highest BCUT2D eigenvalue weighted by Crippen LogP contribution is 2.32. The van der Waals surface area contributed by atoms with Crippen LogP contribution in [-0.2, 0) is 7.05 Å². The Hall–Kier alpha value is -3.02. The summed E-state index contributed by atoms with van der Waals surface area (Å²) in [5.41, 5.74) is 4.52. The molecule has 0 unspecified atom stereocenters. The van der Waals surface area contributed by atoms with Gasteiger partial charge < -0.3 is 19.3 Å². The van der Waals surface area contributed by atoms with E-state index in [1.54, 1.807) is 13.3 Å². The maximum absolute atomic E-state index is 11.4. The van der Waals surface area contributed by atoms with Crippen LogP contribution in [0.5, 0.6) is 5.88 Å². The van der Waals surface area contributed by atoms with Crippen LogP contribution in [0.1, 0.15) is 0 Å². The number of nitrogens with zero attached hydrogens (tertiary/aromatic N) is 2. The number of ether oxygens (including phenoxy) is 1. The lowest BCUT2D eigenvalue weighted by atomic mass is 10.1. The van der Waals surface area contributed by atoms with E-state index >= 15 is 0 Å². The summed E-state index contributed by atoms with van der Waals surface area (Å²) in [5, 5.41) is 1.06. The predicted octanol–water partition coefficient (Wildman–Crippen LogP) is 2.42. The highest BCUT2D eigenvalue weighted by atomic mass is 16.5. The fraction of sp³-hybridized carbons (Fsp3) is 0.125. The van der Waals surface area contributed by atoms with Crippen LogP contribution in [0.25, 0.3) is 33.1 Å². The molecule has 1 aromatic carbocycles. The number of H-pyrrole nitrogens is 2. The number of imidazole rings is 1. The molecule has 3 heterocycles. The van der Waals surface area contributed by atoms with Crippen LogP contribution in [0.4, 0.5) is 0 Å². The maximum atomic E-state index is 11.4. The number of aryl methyl sites for hydroxylation is 1. The normalized spacial score (nSPS) is 11.4. The number of pyridine rings is 1. The van der Waals surface area contributed by atoms with Crippen molar-refractivity contribution in [3.05, 3.63) is 47.1 Å². The zero-order valence-corrected chi connectivity index (χ0v) is 12.2. The van der Waals surface area contributed by atoms with E-state index in [9.17, 15) is 4.79 Å². The van der Waals surface area contributed by atoms with Crippen molar-refractivity contribution in [1.82, 2.24) is 19.5 Å². The predicted molar refractivity (Wildman–Crippen MR) is 85.2 cm³/mol. The minimum absolute atomic E-state index is 0.198. The lowest BCUT2D eigenvalue weighted by molar-refractivity contribution is 0.398. The molecular weight excluding hydrogens is 280 g/mol. The third-order valence-corrected chi connectivity index (χ3v) is 3.89. The molecular formula is C16H14N4O2. The van der Waals surface area contributed by atoms with E-state index in [4.69, 9.17) is 4.74 Å². The van der Waals surface area contributed by atoms with Gasteiger partial charge in [0.1, 0.15) is 0 Å². The third kappa shape index (κ3) is 1.81. The summed E-state index contributed by atoms with van der Waals surface area (Å²) in [6.45, 7) is 0. The van der Waals surface area contributed by atoms with Gasteiger partial charge in [0.15, 0.2) is 0 Å². The summed E-state index contributed by atoms with van der Waals surface area (Å²) in [4.78, 5) is 21.2. The molecule has 4 rings (SSSR count). The molecule has 0 radical (unpaired) electrons. The summed E-state index contributed by atoms with van der Waals surface area (Å²) in [5.74, 6) is 0.580. The van der Waals surface area contributed by atoms with Crippen LogP contribution in [-0.4, -0.2) is 26.6 Å². The first-order valence-corrected chi connectivity index (χ1v) is 6.87. The van der Waals surface area contributed by atoms with Crippen molar-refractivity contribution in [2.45, 2.75) is 0 Å². The molecule has 0 aliphatic rings. The van der Waals surface area contributed by atoms with Crippen molar-refractivity contribution >= 4 is 21.9 Å². The lowest BCUT2D eigenvalue weighted by Crippen LogP contribution is -1.99. The molecule has 4 aromatic rings. The first kappa shape index (κ1) is 12.7. The third-order valence-electron chi connectivity index (χ3n) is 3.89. The first-order chi connectivity index (χ1) is 10.7. The van der Waals surface area contributed by atoms with E-state index in [1.165, 1.54) is 0 Å². The Balaban J connectivity index is 2.00. The second-order valence-corrected chi connectivity index (χ2v) is 5.24. The molecule has 110 valence electrons. The van der Waals surface area contributed by atoms with Crippen molar-refractivity contribution < 1.29 is 4.74 Å². The zero-order valence-electron chi connectivity index (χ0n) is 12.2. The van der Waals surface area contributed by atoms with Gasteiger partial charge in [-0.3, -0.25) is 0 Å². The van der Waals surface area contributed by atoms with Crippen LogP contribution in [0.2, 0.25) is 0 Å². The van der Waals surface area contributed by atoms with Gasteiger partial charge in [-0.1, -0.05) is 6.07 Å². The fourth-order valence-corrected chi connectivity index (χ4v) is 2.80. The van der Waals surface area contributed by atoms with Gasteiger partial charge in [-0.2, -0.15) is 0 Å². The molecule has 6 heteroatoms. The fourth-order valence-electron chi connectivity index (χ4n) is 2.80. The molecule has 22 heavy (non-hydrogen) atoms. The molecule has 0 aliphatic heterocycles. The quantitative estimate of drug-likeness (QED) is 0.596. The molecule has 0 bridgehead atoms. The smallest absolute Gasteiger partial charge is 0.323 e. The van der Waals surface area contributed by atoms with Gasteiger partial charge in [-0.25, -0.2) is 9.78 Å². The summed E-state index contributed by atoms with van der Waals surface area (Å²) >= 11 is 0. The van der Waals surface area contributed by atoms with Gasteiger partial charge in [0.2, 0.25) is 5.88 Å². The minimum Gasteiger partial charge on any atom is -0.481 e. The zero-order chi connectivity index (χ0) is 15.3. The Bertz CT molecular complexity index is 1060. The summed E-state index contributed by atoms with van der Waals surface area (Å²) in [6.07, 6.45) is 3.85. The second kappa shape index (κ2) is 4.49. The van der Waals surface area contributed by atoms with Crippen molar-refractivity contribution in [2.75, 3.05) is 7.11 Å². The molecule has 0 fully saturated rings. The molecule has 2 N–H and O–H groups in total. The molecule has 0 aliphatic carbocycles. The van der Waals surface area contributed by atoms with E-state index in [-0.39, 0.29) is 5.69 Å². The molecule has 0 atom stereocenters. The van der Waals surface area contributed by atoms with Crippen molar-refractivity contribution in [3.8, 4) is 17.0 Å². The first-order valence-electron chi connectivity index (χ1n) is 6.87. The van der Waals surface area contributed by atoms with E-state index < -0.39 is 0 Å². The molecule has 0 amide bonds. The van der Waals surface area contributed by atoms with E-state index in [2.05, 4.69) is 21.1 Å². The summed E-state index contributed by atoms with van der Waals surface area (Å²) in [6, 6.07) is 7.79. The number of fused-ring (bicyclic) bond motifs is 2. The van der Waals surface area contributed by atoms with Gasteiger partial charge in [0.25, 0.3) is 0 Å². The number of nitrogens with one attached hydrogen (secondary N) is 2. The number of benzene rings is 1. The highest BCUT2D eigenvalue weighted by molar-refractivity contribution is 5.97. The van der Waals surface area contributed by atoms with Gasteiger partial charge in [0, 0.05) is 30.3 Å². The average Bonchev–Trinajstić information content (AvgIpc) is 3.05. The lowest BCUT2D eigenvalue weighted by Gasteiger charge is -2.02. The Kier molecular flexibility index (Phi) is 2.59. The average molecular weight is 294 g/mol. The van der Waals surface area contributed by atoms with Crippen molar-refractivity contribution in [1.29, 1.82) is 0 Å². The van der Waals surface area contributed by atoms with Crippen LogP contribution >= 0.6 is 0 Å². The number of hydrogen-bond acceptors (Lipinski definition) is 3. The number of hydrogen-bond donors (Lipinski definition) is 2. The molecule has 0 saturated carbocycles. The van der Waals surface area contributed by atoms with E-state index in [1.807, 2.05) is 35.9 Å².